The zero-order chi connectivity index (χ0) is 16.1. The van der Waals surface area contributed by atoms with Gasteiger partial charge in [-0.25, -0.2) is 4.79 Å². The molecule has 1 aromatic rings. The summed E-state index contributed by atoms with van der Waals surface area (Å²) < 4.78 is 5.69. The normalized spacial score (nSPS) is 22.9. The van der Waals surface area contributed by atoms with E-state index in [4.69, 9.17) is 16.3 Å². The van der Waals surface area contributed by atoms with Crippen molar-refractivity contribution in [1.29, 1.82) is 0 Å². The monoisotopic (exact) mass is 337 g/mol. The summed E-state index contributed by atoms with van der Waals surface area (Å²) in [6.07, 6.45) is 4.75. The Bertz CT molecular complexity index is 509. The van der Waals surface area contributed by atoms with E-state index in [9.17, 15) is 4.79 Å². The van der Waals surface area contributed by atoms with E-state index in [1.54, 1.807) is 24.3 Å². The van der Waals surface area contributed by atoms with Crippen LogP contribution in [0.2, 0.25) is 5.02 Å². The van der Waals surface area contributed by atoms with Gasteiger partial charge in [0.2, 0.25) is 0 Å². The molecule has 2 heterocycles. The number of carbonyl (C=O) groups is 1. The molecule has 2 aliphatic heterocycles. The van der Waals surface area contributed by atoms with Gasteiger partial charge in [0.25, 0.3) is 0 Å². The van der Waals surface area contributed by atoms with Crippen LogP contribution in [0, 0.1) is 0 Å². The largest absolute Gasteiger partial charge is 0.377 e. The molecule has 1 aromatic carbocycles. The summed E-state index contributed by atoms with van der Waals surface area (Å²) in [6.45, 7) is 3.98. The van der Waals surface area contributed by atoms with E-state index < -0.39 is 0 Å². The molecule has 0 unspecified atom stereocenters. The minimum Gasteiger partial charge on any atom is -0.377 e. The summed E-state index contributed by atoms with van der Waals surface area (Å²) in [6, 6.07) is 7.22. The van der Waals surface area contributed by atoms with Gasteiger partial charge in [-0.05, 0) is 49.9 Å². The van der Waals surface area contributed by atoms with Gasteiger partial charge in [-0.3, -0.25) is 0 Å². The van der Waals surface area contributed by atoms with Crippen molar-refractivity contribution in [3.63, 3.8) is 0 Å². The van der Waals surface area contributed by atoms with E-state index in [-0.39, 0.29) is 12.1 Å². The molecule has 2 aliphatic rings. The van der Waals surface area contributed by atoms with E-state index in [1.807, 2.05) is 0 Å². The van der Waals surface area contributed by atoms with Gasteiger partial charge in [0.15, 0.2) is 0 Å². The van der Waals surface area contributed by atoms with Crippen molar-refractivity contribution in [3.8, 4) is 0 Å². The lowest BCUT2D eigenvalue weighted by Gasteiger charge is -2.33. The van der Waals surface area contributed by atoms with E-state index in [2.05, 4.69) is 15.5 Å². The lowest BCUT2D eigenvalue weighted by Crippen LogP contribution is -2.47. The maximum absolute atomic E-state index is 12.0. The first-order valence-corrected chi connectivity index (χ1v) is 8.74. The van der Waals surface area contributed by atoms with E-state index in [0.717, 1.165) is 44.8 Å². The zero-order valence-electron chi connectivity index (χ0n) is 13.3. The van der Waals surface area contributed by atoms with Gasteiger partial charge in [0, 0.05) is 43.0 Å². The number of hydrogen-bond acceptors (Lipinski definition) is 3. The number of nitrogens with zero attached hydrogens (tertiary/aromatic N) is 1. The van der Waals surface area contributed by atoms with Crippen molar-refractivity contribution in [1.82, 2.24) is 10.2 Å². The van der Waals surface area contributed by atoms with Crippen LogP contribution in [0.25, 0.3) is 0 Å². The molecule has 1 atom stereocenters. The highest BCUT2D eigenvalue weighted by atomic mass is 35.5. The average Bonchev–Trinajstić information content (AvgIpc) is 3.04. The number of urea groups is 1. The highest BCUT2D eigenvalue weighted by Gasteiger charge is 2.24. The summed E-state index contributed by atoms with van der Waals surface area (Å²) in [5.74, 6) is 0. The number of ether oxygens (including phenoxy) is 1. The van der Waals surface area contributed by atoms with E-state index in [1.165, 1.54) is 12.8 Å². The molecule has 2 amide bonds. The number of piperidine rings is 1. The predicted molar refractivity (Wildman–Crippen MR) is 92.0 cm³/mol. The zero-order valence-corrected chi connectivity index (χ0v) is 14.0. The summed E-state index contributed by atoms with van der Waals surface area (Å²) in [4.78, 5) is 14.5. The number of rotatable bonds is 4. The van der Waals surface area contributed by atoms with Crippen molar-refractivity contribution in [2.24, 2.45) is 0 Å². The van der Waals surface area contributed by atoms with Crippen LogP contribution in [0.5, 0.6) is 0 Å². The number of halogens is 1. The molecule has 3 rings (SSSR count). The number of benzene rings is 1. The van der Waals surface area contributed by atoms with Crippen molar-refractivity contribution in [2.45, 2.75) is 37.8 Å². The van der Waals surface area contributed by atoms with Crippen molar-refractivity contribution in [2.75, 3.05) is 31.6 Å². The minimum absolute atomic E-state index is 0.148. The highest BCUT2D eigenvalue weighted by Crippen LogP contribution is 2.17. The minimum atomic E-state index is -0.148. The second kappa shape index (κ2) is 7.99. The molecule has 0 radical (unpaired) electrons. The summed E-state index contributed by atoms with van der Waals surface area (Å²) >= 11 is 5.84. The van der Waals surface area contributed by atoms with Gasteiger partial charge in [-0.1, -0.05) is 11.6 Å². The van der Waals surface area contributed by atoms with Crippen LogP contribution in [0.1, 0.15) is 25.7 Å². The Labute approximate surface area is 142 Å². The predicted octanol–water partition coefficient (Wildman–Crippen LogP) is 3.10. The molecule has 0 spiro atoms. The molecule has 0 aromatic heterocycles. The second-order valence-electron chi connectivity index (χ2n) is 6.32. The van der Waals surface area contributed by atoms with E-state index >= 15 is 0 Å². The molecular weight excluding hydrogens is 314 g/mol. The molecular formula is C17H24ClN3O2. The van der Waals surface area contributed by atoms with Crippen LogP contribution in [0.4, 0.5) is 10.5 Å². The van der Waals surface area contributed by atoms with Gasteiger partial charge in [-0.2, -0.15) is 0 Å². The third kappa shape index (κ3) is 5.09. The van der Waals surface area contributed by atoms with Crippen LogP contribution >= 0.6 is 11.6 Å². The lowest BCUT2D eigenvalue weighted by molar-refractivity contribution is 0.0633. The number of carbonyl (C=O) groups excluding carboxylic acids is 1. The summed E-state index contributed by atoms with van der Waals surface area (Å²) in [5.41, 5.74) is 0.753. The molecule has 6 heteroatoms. The number of likely N-dealkylation sites (tertiary alicyclic amines) is 1. The van der Waals surface area contributed by atoms with Gasteiger partial charge in [0.1, 0.15) is 0 Å². The highest BCUT2D eigenvalue weighted by molar-refractivity contribution is 6.30. The first-order chi connectivity index (χ1) is 11.2. The Morgan fingerprint density at radius 2 is 1.96 bits per heavy atom. The number of nitrogens with one attached hydrogen (secondary N) is 2. The molecule has 2 fully saturated rings. The Hall–Kier alpha value is -1.30. The Kier molecular flexibility index (Phi) is 5.75. The van der Waals surface area contributed by atoms with Gasteiger partial charge in [-0.15, -0.1) is 0 Å². The third-order valence-corrected chi connectivity index (χ3v) is 4.76. The van der Waals surface area contributed by atoms with Crippen LogP contribution in [0.15, 0.2) is 24.3 Å². The molecule has 0 bridgehead atoms. The molecule has 2 N–H and O–H groups in total. The van der Waals surface area contributed by atoms with Crippen LogP contribution < -0.4 is 10.6 Å². The molecule has 0 aliphatic carbocycles. The molecule has 126 valence electrons. The topological polar surface area (TPSA) is 53.6 Å². The SMILES string of the molecule is O=C(Nc1ccc(Cl)cc1)NC1CCN(C[C@@H]2CCCO2)CC1. The van der Waals surface area contributed by atoms with Gasteiger partial charge >= 0.3 is 6.03 Å². The number of hydrogen-bond donors (Lipinski definition) is 2. The standard InChI is InChI=1S/C17H24ClN3O2/c18-13-3-5-14(6-4-13)19-17(22)20-15-7-9-21(10-8-15)12-16-2-1-11-23-16/h3-6,15-16H,1-2,7-12H2,(H2,19,20,22)/t16-/m0/s1. The molecule has 5 nitrogen and oxygen atoms in total. The summed E-state index contributed by atoms with van der Waals surface area (Å²) in [7, 11) is 0. The fourth-order valence-corrected chi connectivity index (χ4v) is 3.35. The molecule has 2 saturated heterocycles. The first-order valence-electron chi connectivity index (χ1n) is 8.36. The number of anilines is 1. The summed E-state index contributed by atoms with van der Waals surface area (Å²) in [5, 5.41) is 6.56. The maximum Gasteiger partial charge on any atom is 0.319 e. The quantitative estimate of drug-likeness (QED) is 0.887. The van der Waals surface area contributed by atoms with Crippen molar-refractivity contribution in [3.05, 3.63) is 29.3 Å². The number of amides is 2. The molecule has 0 saturated carbocycles. The van der Waals surface area contributed by atoms with Gasteiger partial charge < -0.3 is 20.3 Å². The van der Waals surface area contributed by atoms with Crippen molar-refractivity contribution < 1.29 is 9.53 Å². The second-order valence-corrected chi connectivity index (χ2v) is 6.75. The Morgan fingerprint density at radius 1 is 1.22 bits per heavy atom. The molecule has 23 heavy (non-hydrogen) atoms. The third-order valence-electron chi connectivity index (χ3n) is 4.51. The van der Waals surface area contributed by atoms with E-state index in [0.29, 0.717) is 11.1 Å². The fraction of sp³-hybridized carbons (Fsp3) is 0.588. The Balaban J connectivity index is 1.37. The maximum atomic E-state index is 12.0. The smallest absolute Gasteiger partial charge is 0.319 e. The first kappa shape index (κ1) is 16.6. The van der Waals surface area contributed by atoms with Crippen LogP contribution in [0.3, 0.4) is 0 Å². The lowest BCUT2D eigenvalue weighted by atomic mass is 10.0. The Morgan fingerprint density at radius 3 is 2.61 bits per heavy atom. The van der Waals surface area contributed by atoms with Crippen molar-refractivity contribution >= 4 is 23.3 Å². The van der Waals surface area contributed by atoms with Crippen LogP contribution in [-0.2, 0) is 4.74 Å². The average molecular weight is 338 g/mol. The van der Waals surface area contributed by atoms with Crippen LogP contribution in [-0.4, -0.2) is 49.3 Å². The fourth-order valence-electron chi connectivity index (χ4n) is 3.22. The van der Waals surface area contributed by atoms with Gasteiger partial charge in [0.05, 0.1) is 6.10 Å².